The highest BCUT2D eigenvalue weighted by Crippen LogP contribution is 2.36. The van der Waals surface area contributed by atoms with Crippen molar-refractivity contribution in [2.45, 2.75) is 38.5 Å². The van der Waals surface area contributed by atoms with E-state index in [1.807, 2.05) is 47.2 Å². The van der Waals surface area contributed by atoms with Crippen LogP contribution in [-0.4, -0.2) is 27.4 Å². The Balaban J connectivity index is 1.53. The van der Waals surface area contributed by atoms with E-state index in [1.54, 1.807) is 12.1 Å². The summed E-state index contributed by atoms with van der Waals surface area (Å²) in [6, 6.07) is 19.2. The first kappa shape index (κ1) is 22.2. The van der Waals surface area contributed by atoms with Gasteiger partial charge in [-0.1, -0.05) is 44.2 Å². The maximum absolute atomic E-state index is 11.8. The van der Waals surface area contributed by atoms with Crippen molar-refractivity contribution in [1.82, 2.24) is 4.57 Å². The van der Waals surface area contributed by atoms with Crippen LogP contribution in [0.3, 0.4) is 0 Å². The molecule has 2 atom stereocenters. The molecule has 34 heavy (non-hydrogen) atoms. The minimum absolute atomic E-state index is 0.140. The third-order valence-electron chi connectivity index (χ3n) is 6.58. The molecule has 1 aliphatic rings. The predicted molar refractivity (Wildman–Crippen MR) is 132 cm³/mol. The molecular formula is C28H28N2O4. The summed E-state index contributed by atoms with van der Waals surface area (Å²) < 4.78 is 7.45. The molecule has 0 spiro atoms. The molecule has 4 aromatic rings. The Labute approximate surface area is 198 Å². The van der Waals surface area contributed by atoms with Crippen LogP contribution >= 0.6 is 0 Å². The molecule has 6 heteroatoms. The lowest BCUT2D eigenvalue weighted by Gasteiger charge is -2.18. The lowest BCUT2D eigenvalue weighted by Crippen LogP contribution is -2.11. The number of nitrogens with zero attached hydrogens (tertiary/aromatic N) is 1. The molecule has 0 amide bonds. The largest absolute Gasteiger partial charge is 0.491 e. The second-order valence-corrected chi connectivity index (χ2v) is 9.25. The van der Waals surface area contributed by atoms with E-state index in [0.717, 1.165) is 39.0 Å². The van der Waals surface area contributed by atoms with Gasteiger partial charge in [-0.15, -0.1) is 0 Å². The fraction of sp³-hybridized carbons (Fsp3) is 0.250. The first-order valence-corrected chi connectivity index (χ1v) is 11.5. The zero-order valence-electron chi connectivity index (χ0n) is 19.2. The average Bonchev–Trinajstić information content (AvgIpc) is 3.41. The van der Waals surface area contributed by atoms with Crippen molar-refractivity contribution in [3.8, 4) is 16.9 Å². The van der Waals surface area contributed by atoms with Crippen LogP contribution in [0.4, 0.5) is 0 Å². The van der Waals surface area contributed by atoms with E-state index in [2.05, 4.69) is 26.0 Å². The van der Waals surface area contributed by atoms with E-state index in [1.165, 1.54) is 0 Å². The Morgan fingerprint density at radius 2 is 1.88 bits per heavy atom. The van der Waals surface area contributed by atoms with Gasteiger partial charge in [-0.05, 0) is 58.5 Å². The number of hydrogen-bond donors (Lipinski definition) is 3. The predicted octanol–water partition coefficient (Wildman–Crippen LogP) is 5.26. The average molecular weight is 457 g/mol. The number of carboxylic acids is 1. The highest BCUT2D eigenvalue weighted by Gasteiger charge is 2.22. The van der Waals surface area contributed by atoms with Crippen LogP contribution in [0.15, 0.2) is 66.9 Å². The van der Waals surface area contributed by atoms with Gasteiger partial charge < -0.3 is 25.3 Å². The summed E-state index contributed by atoms with van der Waals surface area (Å²) in [5, 5.41) is 21.7. The number of ether oxygens (including phenoxy) is 1. The van der Waals surface area contributed by atoms with Crippen LogP contribution in [0.25, 0.3) is 22.0 Å². The van der Waals surface area contributed by atoms with E-state index in [4.69, 9.17) is 10.5 Å². The van der Waals surface area contributed by atoms with Crippen LogP contribution in [-0.2, 0) is 6.54 Å². The Kier molecular flexibility index (Phi) is 5.63. The number of para-hydroxylation sites is 1. The number of carboxylic acid groups (broad SMARTS) is 1. The summed E-state index contributed by atoms with van der Waals surface area (Å²) >= 11 is 0. The zero-order valence-corrected chi connectivity index (χ0v) is 19.2. The van der Waals surface area contributed by atoms with Crippen molar-refractivity contribution >= 4 is 16.9 Å². The molecule has 0 saturated heterocycles. The number of aromatic carboxylic acids is 1. The second-order valence-electron chi connectivity index (χ2n) is 9.25. The quantitative estimate of drug-likeness (QED) is 0.368. The third-order valence-corrected chi connectivity index (χ3v) is 6.58. The topological polar surface area (TPSA) is 97.7 Å². The summed E-state index contributed by atoms with van der Waals surface area (Å²) in [7, 11) is 0. The fourth-order valence-corrected chi connectivity index (χ4v) is 4.67. The van der Waals surface area contributed by atoms with Crippen molar-refractivity contribution in [2.75, 3.05) is 6.61 Å². The number of hydrogen-bond acceptors (Lipinski definition) is 4. The minimum Gasteiger partial charge on any atom is -0.491 e. The highest BCUT2D eigenvalue weighted by atomic mass is 16.5. The molecule has 0 radical (unpaired) electrons. The molecular weight excluding hydrogens is 428 g/mol. The lowest BCUT2D eigenvalue weighted by molar-refractivity contribution is 0.0698. The van der Waals surface area contributed by atoms with E-state index in [-0.39, 0.29) is 24.1 Å². The molecule has 2 heterocycles. The molecule has 0 saturated carbocycles. The molecule has 0 bridgehead atoms. The zero-order chi connectivity index (χ0) is 24.0. The van der Waals surface area contributed by atoms with Crippen molar-refractivity contribution in [3.63, 3.8) is 0 Å². The molecule has 3 aromatic carbocycles. The second kappa shape index (κ2) is 8.63. The molecule has 1 aromatic heterocycles. The number of rotatable bonds is 6. The summed E-state index contributed by atoms with van der Waals surface area (Å²) in [5.74, 6) is 0.116. The number of fused-ring (bicyclic) bond motifs is 2. The van der Waals surface area contributed by atoms with Gasteiger partial charge in [-0.2, -0.15) is 0 Å². The van der Waals surface area contributed by atoms with Crippen LogP contribution in [0.5, 0.6) is 5.75 Å². The monoisotopic (exact) mass is 456 g/mol. The molecule has 174 valence electrons. The maximum atomic E-state index is 11.8. The number of benzene rings is 3. The Morgan fingerprint density at radius 1 is 1.09 bits per heavy atom. The van der Waals surface area contributed by atoms with Crippen LogP contribution in [0.2, 0.25) is 0 Å². The minimum atomic E-state index is -0.983. The summed E-state index contributed by atoms with van der Waals surface area (Å²) in [5.41, 5.74) is 12.0. The van der Waals surface area contributed by atoms with Gasteiger partial charge in [0.1, 0.15) is 12.4 Å². The van der Waals surface area contributed by atoms with Crippen molar-refractivity contribution in [1.29, 1.82) is 0 Å². The number of aromatic nitrogens is 1. The number of carbonyl (C=O) groups is 1. The molecule has 1 aliphatic heterocycles. The fourth-order valence-electron chi connectivity index (χ4n) is 4.67. The first-order valence-electron chi connectivity index (χ1n) is 11.5. The Hall–Kier alpha value is -3.61. The maximum Gasteiger partial charge on any atom is 0.337 e. The van der Waals surface area contributed by atoms with Gasteiger partial charge in [0, 0.05) is 17.1 Å². The normalized spacial score (nSPS) is 16.0. The molecule has 6 nitrogen and oxygen atoms in total. The van der Waals surface area contributed by atoms with Crippen LogP contribution < -0.4 is 10.5 Å². The Morgan fingerprint density at radius 3 is 2.65 bits per heavy atom. The SMILES string of the molecule is CC(C)c1cc(-c2ccc3c(c2)[C@H](N)CO3)cc(C(O)Cn2ccc3cccc(C(=O)O)c32)c1. The molecule has 4 N–H and O–H groups in total. The number of aliphatic hydroxyl groups excluding tert-OH is 1. The molecule has 0 aliphatic carbocycles. The van der Waals surface area contributed by atoms with Gasteiger partial charge in [-0.3, -0.25) is 0 Å². The van der Waals surface area contributed by atoms with Crippen molar-refractivity contribution in [2.24, 2.45) is 5.73 Å². The van der Waals surface area contributed by atoms with E-state index < -0.39 is 12.1 Å². The van der Waals surface area contributed by atoms with Crippen LogP contribution in [0.1, 0.15) is 59.0 Å². The Bertz CT molecular complexity index is 1390. The standard InChI is InChI=1S/C28H28N2O4/c1-16(2)19-10-20(18-6-7-26-23(13-18)24(29)15-34-26)12-21(11-19)25(31)14-30-9-8-17-4-3-5-22(27(17)30)28(32)33/h3-13,16,24-25,31H,14-15,29H2,1-2H3,(H,32,33)/t24-,25?/m1/s1. The van der Waals surface area contributed by atoms with Gasteiger partial charge in [0.05, 0.1) is 29.8 Å². The highest BCUT2D eigenvalue weighted by molar-refractivity contribution is 6.02. The van der Waals surface area contributed by atoms with Gasteiger partial charge >= 0.3 is 5.97 Å². The van der Waals surface area contributed by atoms with Crippen molar-refractivity contribution in [3.05, 3.63) is 89.1 Å². The summed E-state index contributed by atoms with van der Waals surface area (Å²) in [6.07, 6.45) is 1.02. The van der Waals surface area contributed by atoms with E-state index >= 15 is 0 Å². The smallest absolute Gasteiger partial charge is 0.337 e. The number of aliphatic hydroxyl groups is 1. The van der Waals surface area contributed by atoms with E-state index in [9.17, 15) is 15.0 Å². The number of nitrogens with two attached hydrogens (primary N) is 1. The first-order chi connectivity index (χ1) is 16.3. The molecule has 1 unspecified atom stereocenters. The van der Waals surface area contributed by atoms with Gasteiger partial charge in [-0.25, -0.2) is 4.79 Å². The van der Waals surface area contributed by atoms with Gasteiger partial charge in [0.15, 0.2) is 0 Å². The van der Waals surface area contributed by atoms with Crippen LogP contribution in [0, 0.1) is 0 Å². The molecule has 5 rings (SSSR count). The lowest BCUT2D eigenvalue weighted by atomic mass is 9.92. The van der Waals surface area contributed by atoms with Crippen molar-refractivity contribution < 1.29 is 19.7 Å². The van der Waals surface area contributed by atoms with E-state index in [0.29, 0.717) is 12.1 Å². The van der Waals surface area contributed by atoms with Gasteiger partial charge in [0.25, 0.3) is 0 Å². The van der Waals surface area contributed by atoms with Gasteiger partial charge in [0.2, 0.25) is 0 Å². The summed E-state index contributed by atoms with van der Waals surface area (Å²) in [6.45, 7) is 4.98. The third kappa shape index (κ3) is 3.95. The summed E-state index contributed by atoms with van der Waals surface area (Å²) in [4.78, 5) is 11.8. The molecule has 0 fully saturated rings.